The standard InChI is InChI=1S/C11H14ClN3O2S/c12-8-1-2-10(9(7-8)11(13)14)15-3-5-18(16,17)6-4-15/h1-2,7H,3-6H2,(H3,13,14). The zero-order valence-corrected chi connectivity index (χ0v) is 11.3. The van der Waals surface area contributed by atoms with Crippen molar-refractivity contribution in [3.05, 3.63) is 28.8 Å². The average Bonchev–Trinajstić information content (AvgIpc) is 2.29. The topological polar surface area (TPSA) is 87.2 Å². The molecule has 1 aromatic carbocycles. The largest absolute Gasteiger partial charge is 0.384 e. The van der Waals surface area contributed by atoms with E-state index in [-0.39, 0.29) is 17.3 Å². The number of anilines is 1. The number of hydrogen-bond acceptors (Lipinski definition) is 4. The van der Waals surface area contributed by atoms with Gasteiger partial charge >= 0.3 is 0 Å². The second kappa shape index (κ2) is 4.78. The highest BCUT2D eigenvalue weighted by Gasteiger charge is 2.23. The van der Waals surface area contributed by atoms with Crippen molar-refractivity contribution in [2.45, 2.75) is 0 Å². The lowest BCUT2D eigenvalue weighted by atomic mass is 10.1. The van der Waals surface area contributed by atoms with E-state index in [1.807, 2.05) is 4.90 Å². The van der Waals surface area contributed by atoms with Crippen LogP contribution in [0.15, 0.2) is 18.2 Å². The maximum atomic E-state index is 11.4. The molecule has 0 amide bonds. The third-order valence-electron chi connectivity index (χ3n) is 2.93. The van der Waals surface area contributed by atoms with Gasteiger partial charge < -0.3 is 10.6 Å². The van der Waals surface area contributed by atoms with E-state index in [2.05, 4.69) is 0 Å². The Morgan fingerprint density at radius 3 is 2.50 bits per heavy atom. The van der Waals surface area contributed by atoms with Crippen LogP contribution in [0.4, 0.5) is 5.69 Å². The van der Waals surface area contributed by atoms with E-state index in [4.69, 9.17) is 22.7 Å². The zero-order chi connectivity index (χ0) is 13.3. The van der Waals surface area contributed by atoms with Gasteiger partial charge in [0.2, 0.25) is 0 Å². The van der Waals surface area contributed by atoms with Gasteiger partial charge in [-0.15, -0.1) is 0 Å². The van der Waals surface area contributed by atoms with Crippen molar-refractivity contribution in [2.24, 2.45) is 5.73 Å². The number of nitrogens with one attached hydrogen (secondary N) is 1. The maximum absolute atomic E-state index is 11.4. The smallest absolute Gasteiger partial charge is 0.153 e. The van der Waals surface area contributed by atoms with Crippen LogP contribution in [0.5, 0.6) is 0 Å². The first kappa shape index (κ1) is 13.2. The molecule has 7 heteroatoms. The molecular formula is C11H14ClN3O2S. The molecule has 0 aliphatic carbocycles. The Bertz CT molecular complexity index is 572. The fraction of sp³-hybridized carbons (Fsp3) is 0.364. The first-order valence-corrected chi connectivity index (χ1v) is 7.68. The first-order valence-electron chi connectivity index (χ1n) is 5.48. The summed E-state index contributed by atoms with van der Waals surface area (Å²) in [5.41, 5.74) is 6.83. The van der Waals surface area contributed by atoms with Gasteiger partial charge in [-0.3, -0.25) is 5.41 Å². The summed E-state index contributed by atoms with van der Waals surface area (Å²) in [6.45, 7) is 0.842. The van der Waals surface area contributed by atoms with Gasteiger partial charge in [-0.2, -0.15) is 0 Å². The van der Waals surface area contributed by atoms with Crippen LogP contribution >= 0.6 is 11.6 Å². The molecule has 1 aromatic rings. The average molecular weight is 288 g/mol. The molecule has 5 nitrogen and oxygen atoms in total. The van der Waals surface area contributed by atoms with Gasteiger partial charge in [0.1, 0.15) is 5.84 Å². The third kappa shape index (κ3) is 2.76. The molecule has 1 saturated heterocycles. The quantitative estimate of drug-likeness (QED) is 0.624. The number of amidine groups is 1. The summed E-state index contributed by atoms with van der Waals surface area (Å²) in [5, 5.41) is 8.05. The summed E-state index contributed by atoms with van der Waals surface area (Å²) in [6, 6.07) is 5.12. The number of hydrogen-bond donors (Lipinski definition) is 2. The SMILES string of the molecule is N=C(N)c1cc(Cl)ccc1N1CCS(=O)(=O)CC1. The Hall–Kier alpha value is -1.27. The minimum Gasteiger partial charge on any atom is -0.384 e. The van der Waals surface area contributed by atoms with E-state index >= 15 is 0 Å². The van der Waals surface area contributed by atoms with E-state index in [1.165, 1.54) is 0 Å². The van der Waals surface area contributed by atoms with E-state index in [0.717, 1.165) is 5.69 Å². The second-order valence-electron chi connectivity index (χ2n) is 4.21. The molecule has 1 fully saturated rings. The molecular weight excluding hydrogens is 274 g/mol. The number of nitrogens with zero attached hydrogens (tertiary/aromatic N) is 1. The number of nitrogen functional groups attached to an aromatic ring is 1. The van der Waals surface area contributed by atoms with Crippen LogP contribution in [0.25, 0.3) is 0 Å². The van der Waals surface area contributed by atoms with Crippen LogP contribution in [0.3, 0.4) is 0 Å². The highest BCUT2D eigenvalue weighted by molar-refractivity contribution is 7.91. The molecule has 3 N–H and O–H groups in total. The van der Waals surface area contributed by atoms with Crippen LogP contribution in [0.2, 0.25) is 5.02 Å². The Morgan fingerprint density at radius 1 is 1.33 bits per heavy atom. The molecule has 0 bridgehead atoms. The summed E-state index contributed by atoms with van der Waals surface area (Å²) in [5.74, 6) is 0.195. The molecule has 0 radical (unpaired) electrons. The van der Waals surface area contributed by atoms with Gasteiger partial charge in [-0.05, 0) is 18.2 Å². The van der Waals surface area contributed by atoms with Crippen molar-refractivity contribution in [2.75, 3.05) is 29.5 Å². The minimum atomic E-state index is -2.92. The molecule has 1 heterocycles. The highest BCUT2D eigenvalue weighted by Crippen LogP contribution is 2.25. The van der Waals surface area contributed by atoms with E-state index < -0.39 is 9.84 Å². The van der Waals surface area contributed by atoms with Gasteiger partial charge in [0.05, 0.1) is 11.5 Å². The molecule has 0 spiro atoms. The Balaban J connectivity index is 2.32. The second-order valence-corrected chi connectivity index (χ2v) is 6.95. The Kier molecular flexibility index (Phi) is 3.49. The summed E-state index contributed by atoms with van der Waals surface area (Å²) in [7, 11) is -2.92. The minimum absolute atomic E-state index is 0.0686. The van der Waals surface area contributed by atoms with Crippen LogP contribution in [0.1, 0.15) is 5.56 Å². The fourth-order valence-corrected chi connectivity index (χ4v) is 3.33. The van der Waals surface area contributed by atoms with Gasteiger partial charge in [0, 0.05) is 29.4 Å². The summed E-state index contributed by atoms with van der Waals surface area (Å²) in [6.07, 6.45) is 0. The molecule has 98 valence electrons. The Labute approximate surface area is 111 Å². The van der Waals surface area contributed by atoms with E-state index in [1.54, 1.807) is 18.2 Å². The van der Waals surface area contributed by atoms with Crippen molar-refractivity contribution in [3.8, 4) is 0 Å². The maximum Gasteiger partial charge on any atom is 0.153 e. The summed E-state index contributed by atoms with van der Waals surface area (Å²) < 4.78 is 22.8. The molecule has 18 heavy (non-hydrogen) atoms. The normalized spacial score (nSPS) is 18.6. The number of sulfone groups is 1. The van der Waals surface area contributed by atoms with E-state index in [0.29, 0.717) is 23.7 Å². The number of benzene rings is 1. The monoisotopic (exact) mass is 287 g/mol. The molecule has 1 aliphatic rings. The predicted octanol–water partition coefficient (Wildman–Crippen LogP) is 0.859. The van der Waals surface area contributed by atoms with Crippen LogP contribution in [-0.4, -0.2) is 38.8 Å². The van der Waals surface area contributed by atoms with Crippen molar-refractivity contribution in [3.63, 3.8) is 0 Å². The molecule has 0 saturated carbocycles. The van der Waals surface area contributed by atoms with Crippen molar-refractivity contribution < 1.29 is 8.42 Å². The highest BCUT2D eigenvalue weighted by atomic mass is 35.5. The Morgan fingerprint density at radius 2 is 1.94 bits per heavy atom. The van der Waals surface area contributed by atoms with Gasteiger partial charge in [0.25, 0.3) is 0 Å². The lowest BCUT2D eigenvalue weighted by Crippen LogP contribution is -2.41. The van der Waals surface area contributed by atoms with E-state index in [9.17, 15) is 8.42 Å². The summed E-state index contributed by atoms with van der Waals surface area (Å²) in [4.78, 5) is 1.92. The number of rotatable bonds is 2. The lowest BCUT2D eigenvalue weighted by Gasteiger charge is -2.30. The van der Waals surface area contributed by atoms with Crippen molar-refractivity contribution in [1.29, 1.82) is 5.41 Å². The predicted molar refractivity (Wildman–Crippen MR) is 73.3 cm³/mol. The van der Waals surface area contributed by atoms with Crippen molar-refractivity contribution >= 4 is 33.0 Å². The molecule has 2 rings (SSSR count). The first-order chi connectivity index (χ1) is 8.39. The van der Waals surface area contributed by atoms with Gasteiger partial charge in [0.15, 0.2) is 9.84 Å². The molecule has 0 unspecified atom stereocenters. The van der Waals surface area contributed by atoms with Crippen LogP contribution in [0, 0.1) is 5.41 Å². The number of halogens is 1. The molecule has 1 aliphatic heterocycles. The molecule has 0 aromatic heterocycles. The van der Waals surface area contributed by atoms with Crippen molar-refractivity contribution in [1.82, 2.24) is 0 Å². The molecule has 0 atom stereocenters. The van der Waals surface area contributed by atoms with Gasteiger partial charge in [-0.1, -0.05) is 11.6 Å². The van der Waals surface area contributed by atoms with Gasteiger partial charge in [-0.25, -0.2) is 8.42 Å². The third-order valence-corrected chi connectivity index (χ3v) is 4.78. The summed E-state index contributed by atoms with van der Waals surface area (Å²) >= 11 is 5.88. The number of nitrogens with two attached hydrogens (primary N) is 1. The van der Waals surface area contributed by atoms with Crippen LogP contribution in [-0.2, 0) is 9.84 Å². The fourth-order valence-electron chi connectivity index (χ4n) is 1.95. The lowest BCUT2D eigenvalue weighted by molar-refractivity contribution is 0.587. The zero-order valence-electron chi connectivity index (χ0n) is 9.69. The van der Waals surface area contributed by atoms with Crippen LogP contribution < -0.4 is 10.6 Å².